The number of benzene rings is 1. The molecule has 0 spiro atoms. The smallest absolute Gasteiger partial charge is 0.0604 e. The maximum atomic E-state index is 8.62. The van der Waals surface area contributed by atoms with Crippen molar-refractivity contribution in [2.75, 3.05) is 18.5 Å². The average Bonchev–Trinajstić information content (AvgIpc) is 2.16. The van der Waals surface area contributed by atoms with Gasteiger partial charge in [0, 0.05) is 28.5 Å². The van der Waals surface area contributed by atoms with Gasteiger partial charge in [-0.3, -0.25) is 0 Å². The molecule has 0 saturated heterocycles. The predicted octanol–water partition coefficient (Wildman–Crippen LogP) is 1.85. The first-order chi connectivity index (χ1) is 6.27. The molecule has 1 rings (SSSR count). The summed E-state index contributed by atoms with van der Waals surface area (Å²) in [5, 5.41) is 18.8. The number of aliphatic hydroxyl groups is 1. The average molecular weight is 243 g/mol. The van der Waals surface area contributed by atoms with Crippen molar-refractivity contribution < 1.29 is 5.11 Å². The molecular formula is C9H11BrN2O. The van der Waals surface area contributed by atoms with Gasteiger partial charge in [0.25, 0.3) is 0 Å². The highest BCUT2D eigenvalue weighted by molar-refractivity contribution is 9.10. The molecule has 0 aliphatic carbocycles. The summed E-state index contributed by atoms with van der Waals surface area (Å²) >= 11 is 3.32. The van der Waals surface area contributed by atoms with E-state index in [-0.39, 0.29) is 6.61 Å². The second-order valence-electron chi connectivity index (χ2n) is 2.53. The lowest BCUT2D eigenvalue weighted by molar-refractivity contribution is 0.311. The van der Waals surface area contributed by atoms with Crippen molar-refractivity contribution in [3.8, 4) is 0 Å². The number of hydrogen-bond acceptors (Lipinski definition) is 3. The van der Waals surface area contributed by atoms with E-state index in [1.165, 1.54) is 6.21 Å². The van der Waals surface area contributed by atoms with Gasteiger partial charge in [0.15, 0.2) is 0 Å². The lowest BCUT2D eigenvalue weighted by Crippen LogP contribution is -2.07. The van der Waals surface area contributed by atoms with E-state index < -0.39 is 0 Å². The van der Waals surface area contributed by atoms with E-state index >= 15 is 0 Å². The fourth-order valence-corrected chi connectivity index (χ4v) is 1.38. The number of aliphatic hydroxyl groups excluding tert-OH is 1. The Bertz CT molecular complexity index is 302. The van der Waals surface area contributed by atoms with Crippen LogP contribution in [0.1, 0.15) is 5.56 Å². The third-order valence-corrected chi connectivity index (χ3v) is 2.09. The molecule has 0 saturated carbocycles. The van der Waals surface area contributed by atoms with Crippen molar-refractivity contribution >= 4 is 27.8 Å². The Hall–Kier alpha value is -0.870. The van der Waals surface area contributed by atoms with Gasteiger partial charge in [-0.25, -0.2) is 0 Å². The molecule has 0 atom stereocenters. The minimum atomic E-state index is 0.0908. The first-order valence-electron chi connectivity index (χ1n) is 3.92. The van der Waals surface area contributed by atoms with Crippen molar-refractivity contribution in [1.82, 2.24) is 0 Å². The maximum Gasteiger partial charge on any atom is 0.0604 e. The molecule has 0 aliphatic heterocycles. The Balaban J connectivity index is 2.86. The van der Waals surface area contributed by atoms with Crippen molar-refractivity contribution in [1.29, 1.82) is 5.41 Å². The number of nitrogens with one attached hydrogen (secondary N) is 2. The highest BCUT2D eigenvalue weighted by Gasteiger charge is 1.99. The van der Waals surface area contributed by atoms with Crippen molar-refractivity contribution in [3.63, 3.8) is 0 Å². The summed E-state index contributed by atoms with van der Waals surface area (Å²) in [6.45, 7) is 0.593. The third-order valence-electron chi connectivity index (χ3n) is 1.60. The van der Waals surface area contributed by atoms with E-state index in [1.54, 1.807) is 0 Å². The van der Waals surface area contributed by atoms with E-state index in [4.69, 9.17) is 10.5 Å². The summed E-state index contributed by atoms with van der Waals surface area (Å²) in [6, 6.07) is 5.62. The molecule has 0 bridgehead atoms. The van der Waals surface area contributed by atoms with Gasteiger partial charge in [-0.2, -0.15) is 0 Å². The van der Waals surface area contributed by atoms with Crippen LogP contribution in [-0.2, 0) is 0 Å². The summed E-state index contributed by atoms with van der Waals surface area (Å²) in [4.78, 5) is 0. The summed E-state index contributed by atoms with van der Waals surface area (Å²) < 4.78 is 0.945. The zero-order valence-corrected chi connectivity index (χ0v) is 8.63. The molecule has 70 valence electrons. The van der Waals surface area contributed by atoms with E-state index in [0.29, 0.717) is 6.54 Å². The molecule has 4 heteroatoms. The van der Waals surface area contributed by atoms with Gasteiger partial charge >= 0.3 is 0 Å². The van der Waals surface area contributed by atoms with E-state index in [1.807, 2.05) is 18.2 Å². The van der Waals surface area contributed by atoms with Gasteiger partial charge in [-0.05, 0) is 18.2 Å². The number of hydrogen-bond donors (Lipinski definition) is 3. The SMILES string of the molecule is N=Cc1cc(Br)ccc1NCCO. The van der Waals surface area contributed by atoms with Crippen LogP contribution in [0.2, 0.25) is 0 Å². The Morgan fingerprint density at radius 1 is 1.54 bits per heavy atom. The summed E-state index contributed by atoms with van der Waals surface area (Å²) in [5.41, 5.74) is 1.68. The van der Waals surface area contributed by atoms with Crippen LogP contribution in [-0.4, -0.2) is 24.5 Å². The largest absolute Gasteiger partial charge is 0.395 e. The zero-order valence-electron chi connectivity index (χ0n) is 7.05. The van der Waals surface area contributed by atoms with Gasteiger partial charge in [0.1, 0.15) is 0 Å². The molecule has 0 aromatic heterocycles. The zero-order chi connectivity index (χ0) is 9.68. The fraction of sp³-hybridized carbons (Fsp3) is 0.222. The molecule has 3 N–H and O–H groups in total. The number of rotatable bonds is 4. The van der Waals surface area contributed by atoms with Gasteiger partial charge < -0.3 is 15.8 Å². The predicted molar refractivity (Wildman–Crippen MR) is 57.6 cm³/mol. The van der Waals surface area contributed by atoms with E-state index in [9.17, 15) is 0 Å². The highest BCUT2D eigenvalue weighted by Crippen LogP contribution is 2.18. The van der Waals surface area contributed by atoms with E-state index in [0.717, 1.165) is 15.7 Å². The normalized spacial score (nSPS) is 9.69. The van der Waals surface area contributed by atoms with Crippen molar-refractivity contribution in [2.24, 2.45) is 0 Å². The lowest BCUT2D eigenvalue weighted by atomic mass is 10.2. The summed E-state index contributed by atoms with van der Waals surface area (Å²) in [7, 11) is 0. The Morgan fingerprint density at radius 2 is 2.31 bits per heavy atom. The Morgan fingerprint density at radius 3 is 2.92 bits per heavy atom. The molecular weight excluding hydrogens is 232 g/mol. The molecule has 0 fully saturated rings. The molecule has 13 heavy (non-hydrogen) atoms. The van der Waals surface area contributed by atoms with Gasteiger partial charge in [-0.15, -0.1) is 0 Å². The molecule has 3 nitrogen and oxygen atoms in total. The highest BCUT2D eigenvalue weighted by atomic mass is 79.9. The van der Waals surface area contributed by atoms with Crippen LogP contribution in [0, 0.1) is 5.41 Å². The number of anilines is 1. The fourth-order valence-electron chi connectivity index (χ4n) is 1.00. The van der Waals surface area contributed by atoms with Crippen LogP contribution >= 0.6 is 15.9 Å². The monoisotopic (exact) mass is 242 g/mol. The minimum absolute atomic E-state index is 0.0908. The lowest BCUT2D eigenvalue weighted by Gasteiger charge is -2.07. The number of halogens is 1. The minimum Gasteiger partial charge on any atom is -0.395 e. The molecule has 0 radical (unpaired) electrons. The molecule has 0 heterocycles. The van der Waals surface area contributed by atoms with E-state index in [2.05, 4.69) is 21.2 Å². The summed E-state index contributed by atoms with van der Waals surface area (Å²) in [6.07, 6.45) is 1.28. The van der Waals surface area contributed by atoms with Crippen molar-refractivity contribution in [3.05, 3.63) is 28.2 Å². The first kappa shape index (κ1) is 10.2. The van der Waals surface area contributed by atoms with Crippen molar-refractivity contribution in [2.45, 2.75) is 0 Å². The molecule has 1 aromatic carbocycles. The first-order valence-corrected chi connectivity index (χ1v) is 4.72. The van der Waals surface area contributed by atoms with Gasteiger partial charge in [0.2, 0.25) is 0 Å². The van der Waals surface area contributed by atoms with Crippen LogP contribution in [0.5, 0.6) is 0 Å². The third kappa shape index (κ3) is 2.82. The summed E-state index contributed by atoms with van der Waals surface area (Å²) in [5.74, 6) is 0. The second-order valence-corrected chi connectivity index (χ2v) is 3.44. The molecule has 0 unspecified atom stereocenters. The Labute approximate surface area is 85.4 Å². The molecule has 1 aromatic rings. The quantitative estimate of drug-likeness (QED) is 0.707. The van der Waals surface area contributed by atoms with Gasteiger partial charge in [-0.1, -0.05) is 15.9 Å². The van der Waals surface area contributed by atoms with Crippen LogP contribution in [0.4, 0.5) is 5.69 Å². The maximum absolute atomic E-state index is 8.62. The van der Waals surface area contributed by atoms with Crippen LogP contribution in [0.25, 0.3) is 0 Å². The molecule has 0 amide bonds. The Kier molecular flexibility index (Phi) is 3.92. The van der Waals surface area contributed by atoms with Crippen LogP contribution in [0.3, 0.4) is 0 Å². The van der Waals surface area contributed by atoms with Crippen LogP contribution in [0.15, 0.2) is 22.7 Å². The van der Waals surface area contributed by atoms with Gasteiger partial charge in [0.05, 0.1) is 6.61 Å². The molecule has 0 aliphatic rings. The standard InChI is InChI=1S/C9H11BrN2O/c10-8-1-2-9(12-3-4-13)7(5-8)6-11/h1-2,5-6,11-13H,3-4H2. The topological polar surface area (TPSA) is 56.1 Å². The second kappa shape index (κ2) is 4.99. The van der Waals surface area contributed by atoms with Crippen LogP contribution < -0.4 is 5.32 Å².